The minimum Gasteiger partial charge on any atom is -0.507 e. The Labute approximate surface area is 358 Å². The van der Waals surface area contributed by atoms with Crippen LogP contribution in [0.1, 0.15) is 78.8 Å². The summed E-state index contributed by atoms with van der Waals surface area (Å²) >= 11 is 7.99. The third-order valence-electron chi connectivity index (χ3n) is 11.7. The van der Waals surface area contributed by atoms with Crippen molar-refractivity contribution in [3.63, 3.8) is 0 Å². The van der Waals surface area contributed by atoms with E-state index in [0.717, 1.165) is 46.0 Å². The lowest BCUT2D eigenvalue weighted by Crippen LogP contribution is -2.57. The number of fused-ring (bicyclic) bond motifs is 5. The summed E-state index contributed by atoms with van der Waals surface area (Å²) in [7, 11) is 1.51. The minimum atomic E-state index is -0.957. The maximum atomic E-state index is 14.6. The zero-order valence-electron chi connectivity index (χ0n) is 33.7. The quantitative estimate of drug-likeness (QED) is 0.0751. The van der Waals surface area contributed by atoms with E-state index in [2.05, 4.69) is 24.1 Å². The first-order valence-electron chi connectivity index (χ1n) is 20.6. The molecule has 1 saturated heterocycles. The van der Waals surface area contributed by atoms with Crippen molar-refractivity contribution in [3.05, 3.63) is 94.7 Å². The summed E-state index contributed by atoms with van der Waals surface area (Å²) in [6.07, 6.45) is 6.52. The second-order valence-electron chi connectivity index (χ2n) is 15.4. The number of carbonyl (C=O) groups excluding carboxylic acids is 3. The highest BCUT2D eigenvalue weighted by molar-refractivity contribution is 7.08. The number of alkyl halides is 1. The largest absolute Gasteiger partial charge is 0.507 e. The average Bonchev–Trinajstić information content (AvgIpc) is 3.94. The molecule has 5 heterocycles. The van der Waals surface area contributed by atoms with Crippen molar-refractivity contribution in [2.24, 2.45) is 0 Å². The molecule has 60 heavy (non-hydrogen) atoms. The van der Waals surface area contributed by atoms with Gasteiger partial charge in [0.2, 0.25) is 5.91 Å². The van der Waals surface area contributed by atoms with Crippen molar-refractivity contribution in [3.8, 4) is 17.2 Å². The van der Waals surface area contributed by atoms with Crippen molar-refractivity contribution in [1.29, 1.82) is 0 Å². The first-order chi connectivity index (χ1) is 29.3. The third kappa shape index (κ3) is 8.32. The molecule has 12 nitrogen and oxygen atoms in total. The third-order valence-corrected chi connectivity index (χ3v) is 12.8. The van der Waals surface area contributed by atoms with Gasteiger partial charge in [-0.1, -0.05) is 43.0 Å². The van der Waals surface area contributed by atoms with Gasteiger partial charge in [-0.2, -0.15) is 11.3 Å². The van der Waals surface area contributed by atoms with Crippen LogP contribution in [0, 0.1) is 0 Å². The Kier molecular flexibility index (Phi) is 13.0. The van der Waals surface area contributed by atoms with Gasteiger partial charge in [-0.25, -0.2) is 9.69 Å². The van der Waals surface area contributed by atoms with Crippen LogP contribution in [0.4, 0.5) is 16.2 Å². The fourth-order valence-electron chi connectivity index (χ4n) is 8.78. The summed E-state index contributed by atoms with van der Waals surface area (Å²) in [6.45, 7) is 5.30. The molecule has 3 amide bonds. The Hall–Kier alpha value is -5.08. The number of amides is 3. The number of phenols is 1. The van der Waals surface area contributed by atoms with Crippen molar-refractivity contribution in [1.82, 2.24) is 4.90 Å². The van der Waals surface area contributed by atoms with E-state index in [-0.39, 0.29) is 47.9 Å². The minimum absolute atomic E-state index is 0.0238. The van der Waals surface area contributed by atoms with E-state index in [9.17, 15) is 19.5 Å². The predicted molar refractivity (Wildman–Crippen MR) is 233 cm³/mol. The Bertz CT molecular complexity index is 2260. The van der Waals surface area contributed by atoms with Crippen LogP contribution >= 0.6 is 22.9 Å². The highest BCUT2D eigenvalue weighted by Crippen LogP contribution is 2.46. The number of halogens is 1. The second-order valence-corrected chi connectivity index (χ2v) is 16.5. The van der Waals surface area contributed by atoms with Gasteiger partial charge < -0.3 is 38.6 Å². The fraction of sp³-hybridized carbons (Fsp3) is 0.413. The van der Waals surface area contributed by atoms with Gasteiger partial charge in [0.05, 0.1) is 36.7 Å². The Morgan fingerprint density at radius 1 is 1.07 bits per heavy atom. The Balaban J connectivity index is 1.000. The van der Waals surface area contributed by atoms with Gasteiger partial charge >= 0.3 is 6.09 Å². The van der Waals surface area contributed by atoms with Crippen LogP contribution in [0.5, 0.6) is 17.2 Å². The fourth-order valence-corrected chi connectivity index (χ4v) is 9.71. The first kappa shape index (κ1) is 41.6. The van der Waals surface area contributed by atoms with Gasteiger partial charge in [-0.15, -0.1) is 11.6 Å². The molecule has 4 aliphatic rings. The monoisotopic (exact) mass is 855 g/mol. The molecule has 0 spiro atoms. The predicted octanol–water partition coefficient (Wildman–Crippen LogP) is 9.23. The normalized spacial score (nSPS) is 21.1. The number of unbranched alkanes of at least 4 members (excludes halogenated alkanes) is 2. The zero-order chi connectivity index (χ0) is 41.8. The highest BCUT2D eigenvalue weighted by atomic mass is 35.5. The van der Waals surface area contributed by atoms with Crippen LogP contribution in [-0.4, -0.2) is 92.4 Å². The average molecular weight is 856 g/mol. The molecule has 3 aromatic carbocycles. The molecule has 316 valence electrons. The van der Waals surface area contributed by atoms with Crippen LogP contribution in [0.25, 0.3) is 16.3 Å². The number of nitrogens with zero attached hydrogens (tertiary/aromatic N) is 3. The molecule has 0 radical (unpaired) electrons. The number of anilines is 2. The Morgan fingerprint density at radius 2 is 1.92 bits per heavy atom. The van der Waals surface area contributed by atoms with Crippen LogP contribution in [0.15, 0.2) is 78.0 Å². The van der Waals surface area contributed by atoms with Gasteiger partial charge in [0.1, 0.15) is 12.4 Å². The molecule has 14 heteroatoms. The second kappa shape index (κ2) is 18.7. The van der Waals surface area contributed by atoms with Crippen LogP contribution in [-0.2, 0) is 19.0 Å². The van der Waals surface area contributed by atoms with E-state index < -0.39 is 24.7 Å². The number of hydrogen-bond acceptors (Lipinski definition) is 10. The maximum absolute atomic E-state index is 14.6. The van der Waals surface area contributed by atoms with E-state index in [4.69, 9.17) is 35.3 Å². The SMILES string of the molecule is C=CCOC(=O)N1c2cc(OCCCCCC(=O)N3C[C@@H](CCl)c4c3cc(O)c3ccccc43)c(OC)cc2C(=O)N2CC=C(c3ccsc3)C[C@H]2C1OC1CCCCO1. The maximum Gasteiger partial charge on any atom is 0.416 e. The molecule has 1 N–H and O–H groups in total. The smallest absolute Gasteiger partial charge is 0.416 e. The van der Waals surface area contributed by atoms with Crippen molar-refractivity contribution < 1.29 is 43.2 Å². The zero-order valence-corrected chi connectivity index (χ0v) is 35.3. The van der Waals surface area contributed by atoms with Crippen LogP contribution < -0.4 is 19.3 Å². The number of carbonyl (C=O) groups is 3. The topological polar surface area (TPSA) is 127 Å². The Morgan fingerprint density at radius 3 is 2.67 bits per heavy atom. The molecular formula is C46H50ClN3O9S. The van der Waals surface area contributed by atoms with E-state index in [1.54, 1.807) is 39.3 Å². The van der Waals surface area contributed by atoms with E-state index >= 15 is 0 Å². The summed E-state index contributed by atoms with van der Waals surface area (Å²) in [5, 5.41) is 16.5. The first-order valence-corrected chi connectivity index (χ1v) is 22.1. The van der Waals surface area contributed by atoms with E-state index in [1.807, 2.05) is 29.6 Å². The summed E-state index contributed by atoms with van der Waals surface area (Å²) in [4.78, 5) is 47.3. The molecule has 2 unspecified atom stereocenters. The van der Waals surface area contributed by atoms with Crippen molar-refractivity contribution >= 4 is 68.6 Å². The van der Waals surface area contributed by atoms with Crippen molar-refractivity contribution in [2.45, 2.75) is 75.8 Å². The molecular weight excluding hydrogens is 806 g/mol. The number of ether oxygens (including phenoxy) is 5. The molecule has 4 atom stereocenters. The number of hydrogen-bond donors (Lipinski definition) is 1. The van der Waals surface area contributed by atoms with Gasteiger partial charge in [-0.05, 0) is 89.9 Å². The lowest BCUT2D eigenvalue weighted by molar-refractivity contribution is -0.196. The highest BCUT2D eigenvalue weighted by Gasteiger charge is 2.47. The number of aromatic hydroxyl groups is 1. The standard InChI is InChI=1S/C46H50ClN3O9S/c1-3-18-58-46(54)50-35-25-40(56-19-9-4-5-13-41(52)49-27-31(26-47)43-33-12-7-6-11-32(33)38(51)24-36(43)49)39(55-2)23-34(35)44(53)48-17-15-29(30-16-21-60-28-30)22-37(48)45(50)59-42-14-8-10-20-57-42/h3,6-7,11-12,15-16,21,23-25,28,31,37,42,45,51H,1,4-5,8-10,13-14,17-20,22,26-27H2,2H3/t31-,37+,42?,45?/m1/s1. The van der Waals surface area contributed by atoms with Gasteiger partial charge in [0, 0.05) is 55.4 Å². The van der Waals surface area contributed by atoms with Gasteiger partial charge in [0.25, 0.3) is 5.91 Å². The van der Waals surface area contributed by atoms with E-state index in [1.165, 1.54) is 18.1 Å². The summed E-state index contributed by atoms with van der Waals surface area (Å²) < 4.78 is 30.6. The van der Waals surface area contributed by atoms with Crippen LogP contribution in [0.2, 0.25) is 0 Å². The number of phenolic OH excluding ortho intramolecular Hbond substituents is 1. The van der Waals surface area contributed by atoms with Crippen molar-refractivity contribution in [2.75, 3.05) is 55.7 Å². The summed E-state index contributed by atoms with van der Waals surface area (Å²) in [6, 6.07) is 14.1. The molecule has 0 saturated carbocycles. The number of methoxy groups -OCH3 is 1. The van der Waals surface area contributed by atoms with E-state index in [0.29, 0.717) is 75.6 Å². The molecule has 8 rings (SSSR count). The molecule has 1 fully saturated rings. The van der Waals surface area contributed by atoms with Crippen LogP contribution in [0.3, 0.4) is 0 Å². The summed E-state index contributed by atoms with van der Waals surface area (Å²) in [5.41, 5.74) is 4.38. The van der Waals surface area contributed by atoms with Gasteiger partial charge in [0.15, 0.2) is 24.0 Å². The lowest BCUT2D eigenvalue weighted by Gasteiger charge is -2.42. The number of rotatable bonds is 14. The molecule has 0 bridgehead atoms. The van der Waals surface area contributed by atoms with Gasteiger partial charge in [-0.3, -0.25) is 9.59 Å². The number of thiophene rings is 1. The summed E-state index contributed by atoms with van der Waals surface area (Å²) in [5.74, 6) is 0.867. The number of benzene rings is 3. The molecule has 4 aliphatic heterocycles. The molecule has 1 aromatic heterocycles. The lowest BCUT2D eigenvalue weighted by atomic mass is 9.94. The molecule has 4 aromatic rings. The molecule has 0 aliphatic carbocycles.